The summed E-state index contributed by atoms with van der Waals surface area (Å²) < 4.78 is 10.0. The Balaban J connectivity index is 2.80. The molecular formula is C10H12NO3. The number of benzene rings is 1. The summed E-state index contributed by atoms with van der Waals surface area (Å²) in [5.74, 6) is 0.882. The van der Waals surface area contributed by atoms with Crippen LogP contribution >= 0.6 is 0 Å². The van der Waals surface area contributed by atoms with Gasteiger partial charge in [0.05, 0.1) is 7.11 Å². The smallest absolute Gasteiger partial charge is 0.414 e. The van der Waals surface area contributed by atoms with Crippen LogP contribution in [0.2, 0.25) is 0 Å². The Hall–Kier alpha value is -1.71. The lowest BCUT2D eigenvalue weighted by molar-refractivity contribution is 0.170. The highest BCUT2D eigenvalue weighted by Crippen LogP contribution is 2.25. The van der Waals surface area contributed by atoms with Crippen molar-refractivity contribution in [2.45, 2.75) is 0 Å². The average Bonchev–Trinajstić information content (AvgIpc) is 2.18. The molecule has 0 saturated carbocycles. The maximum absolute atomic E-state index is 11.2. The Morgan fingerprint density at radius 2 is 2.14 bits per heavy atom. The third-order valence-corrected chi connectivity index (χ3v) is 1.57. The quantitative estimate of drug-likeness (QED) is 0.717. The maximum atomic E-state index is 11.2. The number of rotatable bonds is 2. The molecular weight excluding hydrogens is 182 g/mol. The van der Waals surface area contributed by atoms with Crippen LogP contribution in [0.4, 0.5) is 4.79 Å². The van der Waals surface area contributed by atoms with E-state index in [1.165, 1.54) is 12.0 Å². The highest BCUT2D eigenvalue weighted by Gasteiger charge is 2.10. The number of hydrogen-bond donors (Lipinski definition) is 0. The van der Waals surface area contributed by atoms with Crippen molar-refractivity contribution >= 4 is 6.09 Å². The summed E-state index contributed by atoms with van der Waals surface area (Å²) >= 11 is 0. The molecule has 4 heteroatoms. The highest BCUT2D eigenvalue weighted by molar-refractivity contribution is 5.70. The molecule has 0 spiro atoms. The predicted octanol–water partition coefficient (Wildman–Crippen LogP) is 1.56. The molecule has 1 radical (unpaired) electrons. The molecule has 0 unspecified atom stereocenters. The van der Waals surface area contributed by atoms with Crippen LogP contribution in [0.25, 0.3) is 0 Å². The van der Waals surface area contributed by atoms with Gasteiger partial charge in [0.25, 0.3) is 0 Å². The van der Waals surface area contributed by atoms with Gasteiger partial charge in [0.2, 0.25) is 0 Å². The van der Waals surface area contributed by atoms with Gasteiger partial charge in [-0.2, -0.15) is 0 Å². The van der Waals surface area contributed by atoms with Crippen LogP contribution in [0.15, 0.2) is 18.2 Å². The number of ether oxygens (including phenoxy) is 2. The molecule has 1 aromatic rings. The molecule has 14 heavy (non-hydrogen) atoms. The number of nitrogens with zero attached hydrogens (tertiary/aromatic N) is 1. The first-order valence-corrected chi connectivity index (χ1v) is 4.08. The first-order valence-electron chi connectivity index (χ1n) is 4.08. The Morgan fingerprint density at radius 1 is 1.43 bits per heavy atom. The lowest BCUT2D eigenvalue weighted by Crippen LogP contribution is -2.25. The van der Waals surface area contributed by atoms with E-state index in [4.69, 9.17) is 9.47 Å². The molecule has 0 heterocycles. The molecule has 0 aliphatic carbocycles. The van der Waals surface area contributed by atoms with Crippen molar-refractivity contribution < 1.29 is 14.3 Å². The van der Waals surface area contributed by atoms with E-state index in [-0.39, 0.29) is 0 Å². The summed E-state index contributed by atoms with van der Waals surface area (Å²) in [6, 6.07) is 7.71. The molecule has 0 N–H and O–H groups in total. The summed E-state index contributed by atoms with van der Waals surface area (Å²) in [6.45, 7) is 0. The number of amides is 1. The molecule has 0 bridgehead atoms. The predicted molar refractivity (Wildman–Crippen MR) is 51.5 cm³/mol. The summed E-state index contributed by atoms with van der Waals surface area (Å²) in [4.78, 5) is 12.6. The van der Waals surface area contributed by atoms with Crippen molar-refractivity contribution in [2.24, 2.45) is 0 Å². The van der Waals surface area contributed by atoms with E-state index in [0.29, 0.717) is 11.5 Å². The molecule has 0 aliphatic heterocycles. The molecule has 0 atom stereocenters. The Kier molecular flexibility index (Phi) is 3.34. The van der Waals surface area contributed by atoms with Crippen molar-refractivity contribution in [3.63, 3.8) is 0 Å². The van der Waals surface area contributed by atoms with E-state index in [0.717, 1.165) is 0 Å². The van der Waals surface area contributed by atoms with Crippen LogP contribution < -0.4 is 9.47 Å². The first kappa shape index (κ1) is 10.4. The highest BCUT2D eigenvalue weighted by atomic mass is 16.6. The van der Waals surface area contributed by atoms with Crippen molar-refractivity contribution in [3.8, 4) is 11.5 Å². The summed E-state index contributed by atoms with van der Waals surface area (Å²) in [5.41, 5.74) is 0. The van der Waals surface area contributed by atoms with Gasteiger partial charge in [-0.15, -0.1) is 0 Å². The molecule has 4 nitrogen and oxygen atoms in total. The largest absolute Gasteiger partial charge is 0.493 e. The average molecular weight is 194 g/mol. The maximum Gasteiger partial charge on any atom is 0.414 e. The first-order chi connectivity index (χ1) is 6.65. The fourth-order valence-electron chi connectivity index (χ4n) is 0.830. The van der Waals surface area contributed by atoms with E-state index in [2.05, 4.69) is 6.07 Å². The van der Waals surface area contributed by atoms with Crippen LogP contribution in [0.1, 0.15) is 0 Å². The topological polar surface area (TPSA) is 38.8 Å². The fourth-order valence-corrected chi connectivity index (χ4v) is 0.830. The van der Waals surface area contributed by atoms with E-state index in [1.54, 1.807) is 32.3 Å². The molecule has 1 rings (SSSR count). The third kappa shape index (κ3) is 2.39. The second kappa shape index (κ2) is 4.50. The minimum absolute atomic E-state index is 0.393. The minimum atomic E-state index is -0.436. The molecule has 75 valence electrons. The van der Waals surface area contributed by atoms with Crippen molar-refractivity contribution in [1.82, 2.24) is 4.90 Å². The lowest BCUT2D eigenvalue weighted by atomic mass is 10.3. The Labute approximate surface area is 83.0 Å². The zero-order valence-corrected chi connectivity index (χ0v) is 8.40. The van der Waals surface area contributed by atoms with E-state index in [9.17, 15) is 4.79 Å². The van der Waals surface area contributed by atoms with Gasteiger partial charge in [-0.05, 0) is 18.2 Å². The van der Waals surface area contributed by atoms with Gasteiger partial charge in [-0.3, -0.25) is 0 Å². The number of carbonyl (C=O) groups excluding carboxylic acids is 1. The van der Waals surface area contributed by atoms with E-state index in [1.807, 2.05) is 0 Å². The van der Waals surface area contributed by atoms with Crippen LogP contribution in [0.3, 0.4) is 0 Å². The molecule has 0 aliphatic rings. The van der Waals surface area contributed by atoms with Crippen molar-refractivity contribution in [3.05, 3.63) is 24.3 Å². The zero-order valence-electron chi connectivity index (χ0n) is 8.40. The number of hydrogen-bond acceptors (Lipinski definition) is 3. The Morgan fingerprint density at radius 3 is 2.71 bits per heavy atom. The normalized spacial score (nSPS) is 9.36. The Bertz CT molecular complexity index is 323. The zero-order chi connectivity index (χ0) is 10.6. The second-order valence-corrected chi connectivity index (χ2v) is 2.84. The van der Waals surface area contributed by atoms with Gasteiger partial charge in [-0.25, -0.2) is 4.79 Å². The van der Waals surface area contributed by atoms with Crippen molar-refractivity contribution in [1.29, 1.82) is 0 Å². The van der Waals surface area contributed by atoms with E-state index < -0.39 is 6.09 Å². The van der Waals surface area contributed by atoms with Crippen LogP contribution in [0.5, 0.6) is 11.5 Å². The van der Waals surface area contributed by atoms with Crippen LogP contribution in [-0.2, 0) is 0 Å². The van der Waals surface area contributed by atoms with Crippen molar-refractivity contribution in [2.75, 3.05) is 21.2 Å². The van der Waals surface area contributed by atoms with Gasteiger partial charge in [0.1, 0.15) is 0 Å². The van der Waals surface area contributed by atoms with Gasteiger partial charge in [0, 0.05) is 14.1 Å². The molecule has 1 aromatic carbocycles. The van der Waals surface area contributed by atoms with Gasteiger partial charge >= 0.3 is 6.09 Å². The van der Waals surface area contributed by atoms with Crippen LogP contribution in [0, 0.1) is 6.07 Å². The van der Waals surface area contributed by atoms with Crippen LogP contribution in [-0.4, -0.2) is 32.2 Å². The monoisotopic (exact) mass is 194 g/mol. The number of methoxy groups -OCH3 is 1. The van der Waals surface area contributed by atoms with Gasteiger partial charge in [-0.1, -0.05) is 6.07 Å². The SMILES string of the molecule is COc1c[c]ccc1OC(=O)N(C)C. The minimum Gasteiger partial charge on any atom is -0.493 e. The lowest BCUT2D eigenvalue weighted by Gasteiger charge is -2.12. The summed E-state index contributed by atoms with van der Waals surface area (Å²) in [7, 11) is 4.74. The molecule has 0 aromatic heterocycles. The third-order valence-electron chi connectivity index (χ3n) is 1.57. The fraction of sp³-hybridized carbons (Fsp3) is 0.300. The standard InChI is InChI=1S/C10H12NO3/c1-11(2)10(12)14-9-7-5-4-6-8(9)13-3/h5-7H,1-3H3. The number of carbonyl (C=O) groups is 1. The molecule has 1 amide bonds. The summed E-state index contributed by atoms with van der Waals surface area (Å²) in [5, 5.41) is 0. The molecule has 0 saturated heterocycles. The summed E-state index contributed by atoms with van der Waals surface area (Å²) in [6.07, 6.45) is -0.436. The van der Waals surface area contributed by atoms with Gasteiger partial charge in [0.15, 0.2) is 11.5 Å². The van der Waals surface area contributed by atoms with Gasteiger partial charge < -0.3 is 14.4 Å². The second-order valence-electron chi connectivity index (χ2n) is 2.84. The molecule has 0 fully saturated rings. The van der Waals surface area contributed by atoms with E-state index >= 15 is 0 Å².